The fourth-order valence-electron chi connectivity index (χ4n) is 4.23. The molecule has 3 N–H and O–H groups in total. The lowest BCUT2D eigenvalue weighted by Crippen LogP contribution is -2.44. The van der Waals surface area contributed by atoms with Crippen molar-refractivity contribution < 1.29 is 41.7 Å². The van der Waals surface area contributed by atoms with Crippen LogP contribution in [0.25, 0.3) is 0 Å². The Kier molecular flexibility index (Phi) is 7.67. The number of hydrogen-bond acceptors (Lipinski definition) is 6. The van der Waals surface area contributed by atoms with Crippen LogP contribution in [0.1, 0.15) is 27.5 Å². The monoisotopic (exact) mass is 535 g/mol. The maximum absolute atomic E-state index is 15.0. The number of carbonyl (C=O) groups is 2. The average molecular weight is 535 g/mol. The van der Waals surface area contributed by atoms with Crippen LogP contribution in [0.15, 0.2) is 53.3 Å². The van der Waals surface area contributed by atoms with Crippen LogP contribution < -0.4 is 25.2 Å². The van der Waals surface area contributed by atoms with Crippen LogP contribution in [-0.4, -0.2) is 48.2 Å². The Labute approximate surface area is 212 Å². The second-order valence-corrected chi connectivity index (χ2v) is 8.27. The van der Waals surface area contributed by atoms with Gasteiger partial charge in [0.2, 0.25) is 5.91 Å². The lowest BCUT2D eigenvalue weighted by atomic mass is 9.92. The van der Waals surface area contributed by atoms with Gasteiger partial charge in [0.15, 0.2) is 0 Å². The van der Waals surface area contributed by atoms with E-state index in [1.807, 2.05) is 0 Å². The molecule has 0 bridgehead atoms. The number of aliphatic hydroxyl groups is 1. The number of pyridine rings is 1. The zero-order valence-electron chi connectivity index (χ0n) is 19.7. The van der Waals surface area contributed by atoms with Gasteiger partial charge in [-0.3, -0.25) is 14.4 Å². The Morgan fingerprint density at radius 1 is 1.11 bits per heavy atom. The molecule has 1 saturated heterocycles. The lowest BCUT2D eigenvalue weighted by molar-refractivity contribution is -0.118. The molecular weight excluding hydrogens is 514 g/mol. The summed E-state index contributed by atoms with van der Waals surface area (Å²) in [6, 6.07) is 7.56. The van der Waals surface area contributed by atoms with E-state index in [-0.39, 0.29) is 35.0 Å². The van der Waals surface area contributed by atoms with Crippen LogP contribution in [0.5, 0.6) is 11.5 Å². The van der Waals surface area contributed by atoms with Crippen molar-refractivity contribution in [3.8, 4) is 11.5 Å². The van der Waals surface area contributed by atoms with Gasteiger partial charge in [-0.25, -0.2) is 8.78 Å². The normalized spacial score (nSPS) is 17.1. The highest BCUT2D eigenvalue weighted by molar-refractivity contribution is 6.05. The quantitative estimate of drug-likeness (QED) is 0.382. The molecule has 2 aromatic carbocycles. The molecule has 0 saturated carbocycles. The number of benzene rings is 2. The summed E-state index contributed by atoms with van der Waals surface area (Å²) in [4.78, 5) is 42.3. The van der Waals surface area contributed by atoms with Gasteiger partial charge in [0.05, 0.1) is 13.7 Å². The summed E-state index contributed by atoms with van der Waals surface area (Å²) in [5.74, 6) is -5.29. The van der Waals surface area contributed by atoms with Crippen LogP contribution in [-0.2, 0) is 11.4 Å². The third kappa shape index (κ3) is 5.32. The number of halogens is 4. The van der Waals surface area contributed by atoms with Crippen molar-refractivity contribution in [2.75, 3.05) is 18.6 Å². The molecule has 0 unspecified atom stereocenters. The summed E-state index contributed by atoms with van der Waals surface area (Å²) in [5, 5.41) is 11.7. The Morgan fingerprint density at radius 2 is 1.76 bits per heavy atom. The smallest absolute Gasteiger partial charge is 0.387 e. The number of carbonyl (C=O) groups excluding carboxylic acids is 2. The Hall–Kier alpha value is -4.39. The average Bonchev–Trinajstić information content (AvgIpc) is 3.18. The number of nitrogens with zero attached hydrogens (tertiary/aromatic N) is 1. The largest absolute Gasteiger partial charge is 0.497 e. The molecule has 200 valence electrons. The molecule has 38 heavy (non-hydrogen) atoms. The number of anilines is 1. The van der Waals surface area contributed by atoms with E-state index in [0.29, 0.717) is 0 Å². The third-order valence-electron chi connectivity index (χ3n) is 6.01. The second kappa shape index (κ2) is 10.9. The first-order valence-corrected chi connectivity index (χ1v) is 11.2. The number of aromatic amines is 1. The summed E-state index contributed by atoms with van der Waals surface area (Å²) in [7, 11) is 1.22. The Balaban J connectivity index is 1.70. The van der Waals surface area contributed by atoms with Gasteiger partial charge in [-0.15, -0.1) is 0 Å². The van der Waals surface area contributed by atoms with Crippen molar-refractivity contribution in [2.24, 2.45) is 0 Å². The SMILES string of the molecule is COc1cc(F)c([C@@H]2CN(c3ccc(CO)[nH]c3=O)C(=O)[C@H]2NC(=O)c2ccc(OC(F)F)cc2)c(F)c1. The second-order valence-electron chi connectivity index (χ2n) is 8.27. The molecule has 3 aromatic rings. The van der Waals surface area contributed by atoms with Gasteiger partial charge in [-0.2, -0.15) is 8.78 Å². The molecule has 1 aliphatic heterocycles. The number of hydrogen-bond donors (Lipinski definition) is 3. The summed E-state index contributed by atoms with van der Waals surface area (Å²) in [6.45, 7) is -3.90. The van der Waals surface area contributed by atoms with E-state index >= 15 is 8.78 Å². The van der Waals surface area contributed by atoms with Crippen LogP contribution >= 0.6 is 0 Å². The fourth-order valence-corrected chi connectivity index (χ4v) is 4.23. The van der Waals surface area contributed by atoms with Crippen molar-refractivity contribution in [2.45, 2.75) is 25.2 Å². The summed E-state index contributed by atoms with van der Waals surface area (Å²) in [6.07, 6.45) is 0. The molecule has 0 spiro atoms. The molecule has 1 aromatic heterocycles. The number of methoxy groups -OCH3 is 1. The minimum absolute atomic E-state index is 0.0440. The van der Waals surface area contributed by atoms with Crippen molar-refractivity contribution in [1.82, 2.24) is 10.3 Å². The van der Waals surface area contributed by atoms with Gasteiger partial charge in [0.1, 0.15) is 34.9 Å². The maximum Gasteiger partial charge on any atom is 0.387 e. The van der Waals surface area contributed by atoms with E-state index < -0.39 is 59.7 Å². The predicted octanol–water partition coefficient (Wildman–Crippen LogP) is 2.68. The first kappa shape index (κ1) is 26.7. The van der Waals surface area contributed by atoms with Crippen LogP contribution in [0, 0.1) is 11.6 Å². The van der Waals surface area contributed by atoms with Crippen molar-refractivity contribution in [3.05, 3.63) is 87.3 Å². The lowest BCUT2D eigenvalue weighted by Gasteiger charge is -2.20. The molecule has 2 amide bonds. The fraction of sp³-hybridized carbons (Fsp3) is 0.240. The molecule has 13 heteroatoms. The molecule has 4 rings (SSSR count). The van der Waals surface area contributed by atoms with E-state index in [2.05, 4.69) is 15.0 Å². The van der Waals surface area contributed by atoms with Gasteiger partial charge in [-0.1, -0.05) is 0 Å². The molecule has 2 heterocycles. The topological polar surface area (TPSA) is 121 Å². The minimum atomic E-state index is -3.07. The number of H-pyrrole nitrogens is 1. The molecule has 9 nitrogen and oxygen atoms in total. The summed E-state index contributed by atoms with van der Waals surface area (Å²) in [5.41, 5.74) is -1.26. The molecule has 1 fully saturated rings. The predicted molar refractivity (Wildman–Crippen MR) is 125 cm³/mol. The summed E-state index contributed by atoms with van der Waals surface area (Å²) >= 11 is 0. The highest BCUT2D eigenvalue weighted by Crippen LogP contribution is 2.36. The number of ether oxygens (including phenoxy) is 2. The van der Waals surface area contributed by atoms with E-state index in [4.69, 9.17) is 4.74 Å². The van der Waals surface area contributed by atoms with Crippen molar-refractivity contribution in [1.29, 1.82) is 0 Å². The zero-order valence-corrected chi connectivity index (χ0v) is 19.7. The zero-order chi connectivity index (χ0) is 27.6. The number of rotatable bonds is 8. The minimum Gasteiger partial charge on any atom is -0.497 e. The first-order chi connectivity index (χ1) is 18.1. The van der Waals surface area contributed by atoms with Crippen LogP contribution in [0.2, 0.25) is 0 Å². The van der Waals surface area contributed by atoms with Crippen LogP contribution in [0.4, 0.5) is 23.2 Å². The van der Waals surface area contributed by atoms with Gasteiger partial charge in [-0.05, 0) is 36.4 Å². The van der Waals surface area contributed by atoms with Gasteiger partial charge < -0.3 is 29.8 Å². The first-order valence-electron chi connectivity index (χ1n) is 11.2. The standard InChI is InChI=1S/C25H21F4N3O6/c1-37-15-8-17(26)20(18(27)9-15)16-10-32(19-7-4-13(11-33)30-23(19)35)24(36)21(16)31-22(34)12-2-5-14(6-3-12)38-25(28)29/h2-9,16,21,25,33H,10-11H2,1H3,(H,30,35)(H,31,34)/t16-,21-/m0/s1. The highest BCUT2D eigenvalue weighted by Gasteiger charge is 2.45. The highest BCUT2D eigenvalue weighted by atomic mass is 19.3. The maximum atomic E-state index is 15.0. The third-order valence-corrected chi connectivity index (χ3v) is 6.01. The Morgan fingerprint density at radius 3 is 2.32 bits per heavy atom. The van der Waals surface area contributed by atoms with Gasteiger partial charge in [0, 0.05) is 41.4 Å². The number of aliphatic hydroxyl groups excluding tert-OH is 1. The molecule has 1 aliphatic rings. The summed E-state index contributed by atoms with van der Waals surface area (Å²) < 4.78 is 64.0. The van der Waals surface area contributed by atoms with E-state index in [9.17, 15) is 28.3 Å². The molecule has 0 aliphatic carbocycles. The number of amides is 2. The Bertz CT molecular complexity index is 1390. The van der Waals surface area contributed by atoms with E-state index in [1.54, 1.807) is 0 Å². The van der Waals surface area contributed by atoms with Gasteiger partial charge in [0.25, 0.3) is 11.5 Å². The van der Waals surface area contributed by atoms with Crippen LogP contribution in [0.3, 0.4) is 0 Å². The molecular formula is C25H21F4N3O6. The number of alkyl halides is 2. The molecule has 0 radical (unpaired) electrons. The number of nitrogens with one attached hydrogen (secondary N) is 2. The number of aromatic nitrogens is 1. The van der Waals surface area contributed by atoms with E-state index in [0.717, 1.165) is 29.2 Å². The van der Waals surface area contributed by atoms with Crippen molar-refractivity contribution >= 4 is 17.5 Å². The van der Waals surface area contributed by atoms with Gasteiger partial charge >= 0.3 is 6.61 Å². The van der Waals surface area contributed by atoms with Crippen molar-refractivity contribution in [3.63, 3.8) is 0 Å². The van der Waals surface area contributed by atoms with E-state index in [1.165, 1.54) is 31.4 Å². The molecule has 2 atom stereocenters.